The lowest BCUT2D eigenvalue weighted by atomic mass is 10.2. The van der Waals surface area contributed by atoms with Crippen molar-refractivity contribution in [1.29, 1.82) is 0 Å². The average molecular weight is 333 g/mol. The molecule has 134 valence electrons. The molecular formula is C19H31N3O2. The number of carbonyl (C=O) groups excluding carboxylic acids is 1. The lowest BCUT2D eigenvalue weighted by molar-refractivity contribution is -0.133. The molecule has 24 heavy (non-hydrogen) atoms. The van der Waals surface area contributed by atoms with E-state index in [1.165, 1.54) is 0 Å². The number of carbonyl (C=O) groups is 1. The van der Waals surface area contributed by atoms with Crippen molar-refractivity contribution in [3.63, 3.8) is 0 Å². The summed E-state index contributed by atoms with van der Waals surface area (Å²) < 4.78 is 5.68. The Morgan fingerprint density at radius 2 is 1.75 bits per heavy atom. The molecule has 0 N–H and O–H groups in total. The third kappa shape index (κ3) is 5.21. The molecule has 1 heterocycles. The molecule has 0 unspecified atom stereocenters. The zero-order valence-electron chi connectivity index (χ0n) is 15.3. The van der Waals surface area contributed by atoms with Gasteiger partial charge in [-0.15, -0.1) is 0 Å². The highest BCUT2D eigenvalue weighted by atomic mass is 16.5. The summed E-state index contributed by atoms with van der Waals surface area (Å²) in [5.41, 5.74) is 1.07. The van der Waals surface area contributed by atoms with E-state index >= 15 is 0 Å². The monoisotopic (exact) mass is 333 g/mol. The summed E-state index contributed by atoms with van der Waals surface area (Å²) in [6.07, 6.45) is 0. The molecule has 1 aromatic carbocycles. The van der Waals surface area contributed by atoms with Crippen LogP contribution in [0, 0.1) is 0 Å². The van der Waals surface area contributed by atoms with Crippen LogP contribution in [0.25, 0.3) is 0 Å². The van der Waals surface area contributed by atoms with Crippen molar-refractivity contribution in [2.75, 3.05) is 52.4 Å². The van der Waals surface area contributed by atoms with Crippen LogP contribution in [0.4, 0.5) is 0 Å². The van der Waals surface area contributed by atoms with Crippen LogP contribution in [0.15, 0.2) is 24.3 Å². The summed E-state index contributed by atoms with van der Waals surface area (Å²) in [7, 11) is 0. The second-order valence-electron chi connectivity index (χ2n) is 6.16. The molecule has 1 aliphatic heterocycles. The van der Waals surface area contributed by atoms with Crippen LogP contribution < -0.4 is 4.74 Å². The first-order valence-corrected chi connectivity index (χ1v) is 9.11. The van der Waals surface area contributed by atoms with E-state index in [2.05, 4.69) is 16.7 Å². The van der Waals surface area contributed by atoms with Gasteiger partial charge in [0.2, 0.25) is 5.91 Å². The molecule has 1 aliphatic rings. The van der Waals surface area contributed by atoms with E-state index in [-0.39, 0.29) is 5.91 Å². The van der Waals surface area contributed by atoms with Crippen molar-refractivity contribution in [3.8, 4) is 5.75 Å². The summed E-state index contributed by atoms with van der Waals surface area (Å²) >= 11 is 0. The number of nitrogens with zero attached hydrogens (tertiary/aromatic N) is 3. The minimum Gasteiger partial charge on any atom is -0.494 e. The maximum atomic E-state index is 12.7. The van der Waals surface area contributed by atoms with Gasteiger partial charge in [-0.1, -0.05) is 25.1 Å². The summed E-state index contributed by atoms with van der Waals surface area (Å²) in [6, 6.07) is 7.99. The number of rotatable bonds is 8. The zero-order chi connectivity index (χ0) is 17.4. The molecule has 0 aliphatic carbocycles. The predicted molar refractivity (Wildman–Crippen MR) is 97.3 cm³/mol. The van der Waals surface area contributed by atoms with Gasteiger partial charge in [0.1, 0.15) is 5.75 Å². The second-order valence-corrected chi connectivity index (χ2v) is 6.16. The standard InChI is InChI=1S/C19H31N3O2/c1-4-20-11-13-21(14-12-20)16-19(23)22(5-2)15-17-9-7-8-10-18(17)24-6-3/h7-10H,4-6,11-16H2,1-3H3. The molecule has 0 saturated carbocycles. The normalized spacial score (nSPS) is 16.1. The van der Waals surface area contributed by atoms with E-state index in [4.69, 9.17) is 4.74 Å². The third-order valence-corrected chi connectivity index (χ3v) is 4.64. The highest BCUT2D eigenvalue weighted by Gasteiger charge is 2.21. The molecule has 1 fully saturated rings. The Morgan fingerprint density at radius 1 is 1.08 bits per heavy atom. The van der Waals surface area contributed by atoms with Crippen molar-refractivity contribution < 1.29 is 9.53 Å². The molecule has 1 aromatic rings. The van der Waals surface area contributed by atoms with Crippen LogP contribution in [0.2, 0.25) is 0 Å². The highest BCUT2D eigenvalue weighted by Crippen LogP contribution is 2.20. The van der Waals surface area contributed by atoms with E-state index in [0.29, 0.717) is 26.2 Å². The van der Waals surface area contributed by atoms with Gasteiger partial charge in [-0.25, -0.2) is 0 Å². The first-order valence-electron chi connectivity index (χ1n) is 9.11. The van der Waals surface area contributed by atoms with Crippen LogP contribution in [0.1, 0.15) is 26.3 Å². The topological polar surface area (TPSA) is 36.0 Å². The van der Waals surface area contributed by atoms with Crippen molar-refractivity contribution in [3.05, 3.63) is 29.8 Å². The Bertz CT molecular complexity index is 513. The fraction of sp³-hybridized carbons (Fsp3) is 0.632. The summed E-state index contributed by atoms with van der Waals surface area (Å²) in [5.74, 6) is 1.08. The number of amides is 1. The molecule has 5 heteroatoms. The Hall–Kier alpha value is -1.59. The molecule has 1 saturated heterocycles. The summed E-state index contributed by atoms with van der Waals surface area (Å²) in [4.78, 5) is 19.3. The third-order valence-electron chi connectivity index (χ3n) is 4.64. The van der Waals surface area contributed by atoms with E-state index in [0.717, 1.165) is 44.0 Å². The molecule has 0 radical (unpaired) electrons. The number of benzene rings is 1. The van der Waals surface area contributed by atoms with Gasteiger partial charge >= 0.3 is 0 Å². The molecule has 0 bridgehead atoms. The van der Waals surface area contributed by atoms with Gasteiger partial charge in [-0.05, 0) is 26.5 Å². The van der Waals surface area contributed by atoms with Gasteiger partial charge in [-0.2, -0.15) is 0 Å². The SMILES string of the molecule is CCOc1ccccc1CN(CC)C(=O)CN1CCN(CC)CC1. The minimum absolute atomic E-state index is 0.203. The van der Waals surface area contributed by atoms with Crippen LogP contribution in [-0.2, 0) is 11.3 Å². The van der Waals surface area contributed by atoms with E-state index < -0.39 is 0 Å². The van der Waals surface area contributed by atoms with Gasteiger partial charge in [0.15, 0.2) is 0 Å². The van der Waals surface area contributed by atoms with Gasteiger partial charge in [0, 0.05) is 44.8 Å². The van der Waals surface area contributed by atoms with Crippen molar-refractivity contribution in [2.45, 2.75) is 27.3 Å². The van der Waals surface area contributed by atoms with Crippen LogP contribution in [-0.4, -0.2) is 73.0 Å². The molecule has 1 amide bonds. The number of para-hydroxylation sites is 1. The van der Waals surface area contributed by atoms with Crippen molar-refractivity contribution in [2.24, 2.45) is 0 Å². The highest BCUT2D eigenvalue weighted by molar-refractivity contribution is 5.78. The summed E-state index contributed by atoms with van der Waals surface area (Å²) in [6.45, 7) is 13.9. The molecule has 2 rings (SSSR count). The maximum Gasteiger partial charge on any atom is 0.237 e. The lowest BCUT2D eigenvalue weighted by Crippen LogP contribution is -2.49. The zero-order valence-corrected chi connectivity index (χ0v) is 15.3. The van der Waals surface area contributed by atoms with E-state index in [1.54, 1.807) is 0 Å². The van der Waals surface area contributed by atoms with Gasteiger partial charge in [0.05, 0.1) is 13.2 Å². The predicted octanol–water partition coefficient (Wildman–Crippen LogP) is 2.07. The molecule has 5 nitrogen and oxygen atoms in total. The summed E-state index contributed by atoms with van der Waals surface area (Å²) in [5, 5.41) is 0. The van der Waals surface area contributed by atoms with Crippen molar-refractivity contribution in [1.82, 2.24) is 14.7 Å². The number of hydrogen-bond donors (Lipinski definition) is 0. The first-order chi connectivity index (χ1) is 11.7. The largest absolute Gasteiger partial charge is 0.494 e. The molecule has 0 spiro atoms. The van der Waals surface area contributed by atoms with Crippen LogP contribution in [0.5, 0.6) is 5.75 Å². The lowest BCUT2D eigenvalue weighted by Gasteiger charge is -2.34. The number of ether oxygens (including phenoxy) is 1. The smallest absolute Gasteiger partial charge is 0.237 e. The van der Waals surface area contributed by atoms with Gasteiger partial charge in [-0.3, -0.25) is 9.69 Å². The molecular weight excluding hydrogens is 302 g/mol. The Balaban J connectivity index is 1.92. The Morgan fingerprint density at radius 3 is 2.38 bits per heavy atom. The van der Waals surface area contributed by atoms with Gasteiger partial charge < -0.3 is 14.5 Å². The van der Waals surface area contributed by atoms with Crippen LogP contribution in [0.3, 0.4) is 0 Å². The van der Waals surface area contributed by atoms with Gasteiger partial charge in [0.25, 0.3) is 0 Å². The first kappa shape index (κ1) is 18.7. The number of piperazine rings is 1. The maximum absolute atomic E-state index is 12.7. The van der Waals surface area contributed by atoms with Crippen LogP contribution >= 0.6 is 0 Å². The second kappa shape index (κ2) is 9.64. The fourth-order valence-electron chi connectivity index (χ4n) is 3.07. The Kier molecular flexibility index (Phi) is 7.53. The van der Waals surface area contributed by atoms with E-state index in [9.17, 15) is 4.79 Å². The molecule has 0 atom stereocenters. The molecule has 0 aromatic heterocycles. The number of likely N-dealkylation sites (N-methyl/N-ethyl adjacent to an activating group) is 2. The van der Waals surface area contributed by atoms with E-state index in [1.807, 2.05) is 43.0 Å². The average Bonchev–Trinajstić information content (AvgIpc) is 2.61. The van der Waals surface area contributed by atoms with Crippen molar-refractivity contribution >= 4 is 5.91 Å². The fourth-order valence-corrected chi connectivity index (χ4v) is 3.07. The minimum atomic E-state index is 0.203. The number of hydrogen-bond acceptors (Lipinski definition) is 4. The Labute approximate surface area is 146 Å². The quantitative estimate of drug-likeness (QED) is 0.730.